The number of carbonyl (C=O) groups is 2. The van der Waals surface area contributed by atoms with Gasteiger partial charge in [0.1, 0.15) is 0 Å². The minimum absolute atomic E-state index is 0.136. The first kappa shape index (κ1) is 19.1. The van der Waals surface area contributed by atoms with Gasteiger partial charge in [0.2, 0.25) is 5.91 Å². The van der Waals surface area contributed by atoms with E-state index < -0.39 is 0 Å². The molecule has 2 rings (SSSR count). The molecule has 0 heterocycles. The molecule has 0 saturated carbocycles. The van der Waals surface area contributed by atoms with Gasteiger partial charge in [-0.3, -0.25) is 9.59 Å². The van der Waals surface area contributed by atoms with Crippen LogP contribution in [0.2, 0.25) is 0 Å². The molecule has 0 fully saturated rings. The average Bonchev–Trinajstić information content (AvgIpc) is 2.65. The lowest BCUT2D eigenvalue weighted by atomic mass is 10.2. The molecule has 138 valence electrons. The highest BCUT2D eigenvalue weighted by Gasteiger charge is 2.12. The Balaban J connectivity index is 1.91. The Morgan fingerprint density at radius 3 is 2.19 bits per heavy atom. The third-order valence-electron chi connectivity index (χ3n) is 3.72. The summed E-state index contributed by atoms with van der Waals surface area (Å²) in [6.45, 7) is -0.136. The van der Waals surface area contributed by atoms with Gasteiger partial charge in [-0.2, -0.15) is 0 Å². The van der Waals surface area contributed by atoms with Gasteiger partial charge in [-0.05, 0) is 42.5 Å². The van der Waals surface area contributed by atoms with E-state index in [4.69, 9.17) is 9.47 Å². The number of hydrogen-bond donors (Lipinski definition) is 2. The first-order valence-corrected chi connectivity index (χ1v) is 8.02. The second kappa shape index (κ2) is 8.75. The van der Waals surface area contributed by atoms with E-state index in [2.05, 4.69) is 10.6 Å². The van der Waals surface area contributed by atoms with Crippen molar-refractivity contribution in [2.75, 3.05) is 45.1 Å². The predicted octanol–water partition coefficient (Wildman–Crippen LogP) is 2.14. The zero-order chi connectivity index (χ0) is 19.1. The summed E-state index contributed by atoms with van der Waals surface area (Å²) in [7, 11) is 6.90. The number of hydrogen-bond acceptors (Lipinski definition) is 5. The number of methoxy groups -OCH3 is 2. The molecular weight excluding hydrogens is 334 g/mol. The Bertz CT molecular complexity index is 773. The average molecular weight is 357 g/mol. The van der Waals surface area contributed by atoms with Crippen LogP contribution in [0.5, 0.6) is 11.5 Å². The molecule has 2 amide bonds. The van der Waals surface area contributed by atoms with Crippen molar-refractivity contribution in [2.45, 2.75) is 0 Å². The summed E-state index contributed by atoms with van der Waals surface area (Å²) >= 11 is 0. The first-order chi connectivity index (χ1) is 12.4. The second-order valence-corrected chi connectivity index (χ2v) is 5.74. The van der Waals surface area contributed by atoms with Crippen molar-refractivity contribution >= 4 is 23.2 Å². The van der Waals surface area contributed by atoms with Crippen molar-refractivity contribution in [1.82, 2.24) is 5.32 Å². The van der Waals surface area contributed by atoms with Gasteiger partial charge in [0.05, 0.1) is 20.8 Å². The SMILES string of the molecule is COc1ccc(C(=O)NCC(=O)Nc2ccc(N(C)C)cc2)cc1OC. The van der Waals surface area contributed by atoms with Crippen LogP contribution in [0.25, 0.3) is 0 Å². The maximum atomic E-state index is 12.2. The first-order valence-electron chi connectivity index (χ1n) is 8.02. The van der Waals surface area contributed by atoms with Crippen LogP contribution in [0.4, 0.5) is 11.4 Å². The normalized spacial score (nSPS) is 10.0. The molecule has 0 atom stereocenters. The quantitative estimate of drug-likeness (QED) is 0.794. The third-order valence-corrected chi connectivity index (χ3v) is 3.72. The van der Waals surface area contributed by atoms with E-state index in [1.807, 2.05) is 43.3 Å². The minimum Gasteiger partial charge on any atom is -0.493 e. The lowest BCUT2D eigenvalue weighted by molar-refractivity contribution is -0.115. The predicted molar refractivity (Wildman–Crippen MR) is 101 cm³/mol. The Kier molecular flexibility index (Phi) is 6.43. The lowest BCUT2D eigenvalue weighted by Gasteiger charge is -2.13. The maximum Gasteiger partial charge on any atom is 0.251 e. The van der Waals surface area contributed by atoms with Crippen LogP contribution in [-0.4, -0.2) is 46.7 Å². The Labute approximate surface area is 152 Å². The summed E-state index contributed by atoms with van der Waals surface area (Å²) in [5, 5.41) is 5.32. The van der Waals surface area contributed by atoms with Crippen LogP contribution in [-0.2, 0) is 4.79 Å². The van der Waals surface area contributed by atoms with E-state index >= 15 is 0 Å². The lowest BCUT2D eigenvalue weighted by Crippen LogP contribution is -2.32. The van der Waals surface area contributed by atoms with Crippen LogP contribution in [0.15, 0.2) is 42.5 Å². The summed E-state index contributed by atoms with van der Waals surface area (Å²) in [5.41, 5.74) is 2.08. The summed E-state index contributed by atoms with van der Waals surface area (Å²) in [4.78, 5) is 26.2. The smallest absolute Gasteiger partial charge is 0.251 e. The molecule has 2 N–H and O–H groups in total. The van der Waals surface area contributed by atoms with Crippen LogP contribution in [0.1, 0.15) is 10.4 Å². The fourth-order valence-electron chi connectivity index (χ4n) is 2.29. The van der Waals surface area contributed by atoms with Crippen molar-refractivity contribution in [3.63, 3.8) is 0 Å². The zero-order valence-electron chi connectivity index (χ0n) is 15.3. The minimum atomic E-state index is -0.371. The fourth-order valence-corrected chi connectivity index (χ4v) is 2.29. The number of carbonyl (C=O) groups excluding carboxylic acids is 2. The molecular formula is C19H23N3O4. The molecule has 0 aliphatic rings. The van der Waals surface area contributed by atoms with E-state index in [0.717, 1.165) is 5.69 Å². The van der Waals surface area contributed by atoms with Crippen LogP contribution >= 0.6 is 0 Å². The van der Waals surface area contributed by atoms with E-state index in [0.29, 0.717) is 22.7 Å². The van der Waals surface area contributed by atoms with Crippen LogP contribution < -0.4 is 25.0 Å². The molecule has 26 heavy (non-hydrogen) atoms. The van der Waals surface area contributed by atoms with Gasteiger partial charge < -0.3 is 25.0 Å². The van der Waals surface area contributed by atoms with Crippen molar-refractivity contribution in [2.24, 2.45) is 0 Å². The molecule has 0 radical (unpaired) electrons. The van der Waals surface area contributed by atoms with E-state index in [1.54, 1.807) is 18.2 Å². The molecule has 0 aliphatic heterocycles. The number of anilines is 2. The molecule has 0 aromatic heterocycles. The van der Waals surface area contributed by atoms with E-state index in [-0.39, 0.29) is 18.4 Å². The van der Waals surface area contributed by atoms with Crippen LogP contribution in [0, 0.1) is 0 Å². The topological polar surface area (TPSA) is 79.9 Å². The van der Waals surface area contributed by atoms with Crippen molar-refractivity contribution in [3.8, 4) is 11.5 Å². The molecule has 0 unspecified atom stereocenters. The number of ether oxygens (including phenoxy) is 2. The Morgan fingerprint density at radius 2 is 1.62 bits per heavy atom. The van der Waals surface area contributed by atoms with Gasteiger partial charge in [-0.25, -0.2) is 0 Å². The molecule has 7 nitrogen and oxygen atoms in total. The number of benzene rings is 2. The number of nitrogens with one attached hydrogen (secondary N) is 2. The number of amides is 2. The van der Waals surface area contributed by atoms with E-state index in [1.165, 1.54) is 14.2 Å². The summed E-state index contributed by atoms with van der Waals surface area (Å²) in [6, 6.07) is 12.2. The molecule has 0 saturated heterocycles. The van der Waals surface area contributed by atoms with Crippen molar-refractivity contribution in [1.29, 1.82) is 0 Å². The highest BCUT2D eigenvalue weighted by Crippen LogP contribution is 2.27. The molecule has 0 aliphatic carbocycles. The zero-order valence-corrected chi connectivity index (χ0v) is 15.3. The fraction of sp³-hybridized carbons (Fsp3) is 0.263. The van der Waals surface area contributed by atoms with Gasteiger partial charge in [0.15, 0.2) is 11.5 Å². The number of nitrogens with zero attached hydrogens (tertiary/aromatic N) is 1. The van der Waals surface area contributed by atoms with Gasteiger partial charge in [0, 0.05) is 31.0 Å². The standard InChI is InChI=1S/C19H23N3O4/c1-22(2)15-8-6-14(7-9-15)21-18(23)12-20-19(24)13-5-10-16(25-3)17(11-13)26-4/h5-11H,12H2,1-4H3,(H,20,24)(H,21,23). The van der Waals surface area contributed by atoms with Crippen molar-refractivity contribution in [3.05, 3.63) is 48.0 Å². The van der Waals surface area contributed by atoms with Gasteiger partial charge in [-0.1, -0.05) is 0 Å². The molecule has 0 bridgehead atoms. The van der Waals surface area contributed by atoms with Crippen LogP contribution in [0.3, 0.4) is 0 Å². The van der Waals surface area contributed by atoms with Gasteiger partial charge >= 0.3 is 0 Å². The number of rotatable bonds is 7. The van der Waals surface area contributed by atoms with Crippen molar-refractivity contribution < 1.29 is 19.1 Å². The summed E-state index contributed by atoms with van der Waals surface area (Å²) in [5.74, 6) is 0.300. The molecule has 2 aromatic carbocycles. The third kappa shape index (κ3) is 4.89. The monoisotopic (exact) mass is 357 g/mol. The molecule has 7 heteroatoms. The molecule has 0 spiro atoms. The second-order valence-electron chi connectivity index (χ2n) is 5.74. The van der Waals surface area contributed by atoms with E-state index in [9.17, 15) is 9.59 Å². The van der Waals surface area contributed by atoms with Gasteiger partial charge in [-0.15, -0.1) is 0 Å². The summed E-state index contributed by atoms with van der Waals surface area (Å²) in [6.07, 6.45) is 0. The Hall–Kier alpha value is -3.22. The largest absolute Gasteiger partial charge is 0.493 e. The van der Waals surface area contributed by atoms with Gasteiger partial charge in [0.25, 0.3) is 5.91 Å². The molecule has 2 aromatic rings. The maximum absolute atomic E-state index is 12.2. The summed E-state index contributed by atoms with van der Waals surface area (Å²) < 4.78 is 10.3. The Morgan fingerprint density at radius 1 is 0.962 bits per heavy atom. The highest BCUT2D eigenvalue weighted by molar-refractivity contribution is 5.99. The highest BCUT2D eigenvalue weighted by atomic mass is 16.5.